The van der Waals surface area contributed by atoms with E-state index < -0.39 is 0 Å². The second-order valence-electron chi connectivity index (χ2n) is 8.26. The minimum absolute atomic E-state index is 0.0533. The van der Waals surface area contributed by atoms with Crippen LogP contribution in [-0.4, -0.2) is 33.0 Å². The second kappa shape index (κ2) is 7.08. The molecule has 2 amide bonds. The van der Waals surface area contributed by atoms with Crippen molar-refractivity contribution < 1.29 is 9.59 Å². The highest BCUT2D eigenvalue weighted by atomic mass is 16.2. The molecule has 0 spiro atoms. The molecule has 0 saturated heterocycles. The SMILES string of the molecule is O=C(NCc1cc2n(n1)CCN(C(=O)C1CCC1)C2)c1ccc2c(c1)CCC2. The number of carbonyl (C=O) groups is 2. The van der Waals surface area contributed by atoms with E-state index in [0.29, 0.717) is 19.0 Å². The van der Waals surface area contributed by atoms with Gasteiger partial charge in [-0.25, -0.2) is 0 Å². The number of amides is 2. The molecular formula is C22H26N4O2. The van der Waals surface area contributed by atoms with Gasteiger partial charge in [-0.2, -0.15) is 5.10 Å². The van der Waals surface area contributed by atoms with Gasteiger partial charge in [0.1, 0.15) is 0 Å². The topological polar surface area (TPSA) is 67.2 Å². The molecule has 6 heteroatoms. The van der Waals surface area contributed by atoms with Gasteiger partial charge < -0.3 is 10.2 Å². The minimum atomic E-state index is -0.0533. The second-order valence-corrected chi connectivity index (χ2v) is 8.26. The van der Waals surface area contributed by atoms with Crippen molar-refractivity contribution in [1.29, 1.82) is 0 Å². The predicted molar refractivity (Wildman–Crippen MR) is 105 cm³/mol. The highest BCUT2D eigenvalue weighted by Gasteiger charge is 2.31. The van der Waals surface area contributed by atoms with Gasteiger partial charge in [-0.3, -0.25) is 14.3 Å². The number of fused-ring (bicyclic) bond motifs is 2. The first-order valence-corrected chi connectivity index (χ1v) is 10.4. The van der Waals surface area contributed by atoms with Crippen molar-refractivity contribution >= 4 is 11.8 Å². The van der Waals surface area contributed by atoms with Gasteiger partial charge in [0.2, 0.25) is 5.91 Å². The number of carbonyl (C=O) groups excluding carboxylic acids is 2. The highest BCUT2D eigenvalue weighted by molar-refractivity contribution is 5.94. The van der Waals surface area contributed by atoms with Crippen LogP contribution < -0.4 is 5.32 Å². The first-order valence-electron chi connectivity index (χ1n) is 10.4. The Balaban J connectivity index is 1.21. The fourth-order valence-corrected chi connectivity index (χ4v) is 4.50. The zero-order chi connectivity index (χ0) is 19.1. The Morgan fingerprint density at radius 2 is 1.93 bits per heavy atom. The molecule has 2 aromatic rings. The molecule has 2 heterocycles. The molecule has 5 rings (SSSR count). The molecule has 2 aliphatic carbocycles. The summed E-state index contributed by atoms with van der Waals surface area (Å²) in [6.07, 6.45) is 6.62. The first-order chi connectivity index (χ1) is 13.7. The summed E-state index contributed by atoms with van der Waals surface area (Å²) in [6, 6.07) is 8.05. The van der Waals surface area contributed by atoms with Gasteiger partial charge in [-0.1, -0.05) is 12.5 Å². The fraction of sp³-hybridized carbons (Fsp3) is 0.500. The third kappa shape index (κ3) is 3.21. The van der Waals surface area contributed by atoms with Crippen LogP contribution in [0.15, 0.2) is 24.3 Å². The summed E-state index contributed by atoms with van der Waals surface area (Å²) in [5.74, 6) is 0.480. The van der Waals surface area contributed by atoms with Crippen LogP contribution in [0.1, 0.15) is 58.6 Å². The highest BCUT2D eigenvalue weighted by Crippen LogP contribution is 2.29. The number of hydrogen-bond donors (Lipinski definition) is 1. The van der Waals surface area contributed by atoms with Crippen molar-refractivity contribution in [3.63, 3.8) is 0 Å². The van der Waals surface area contributed by atoms with Crippen LogP contribution in [0.2, 0.25) is 0 Å². The zero-order valence-corrected chi connectivity index (χ0v) is 16.1. The van der Waals surface area contributed by atoms with Crippen LogP contribution in [-0.2, 0) is 37.3 Å². The van der Waals surface area contributed by atoms with Gasteiger partial charge >= 0.3 is 0 Å². The lowest BCUT2D eigenvalue weighted by molar-refractivity contribution is -0.139. The van der Waals surface area contributed by atoms with Crippen LogP contribution in [0.25, 0.3) is 0 Å². The van der Waals surface area contributed by atoms with Gasteiger partial charge in [0.25, 0.3) is 5.91 Å². The number of nitrogens with one attached hydrogen (secondary N) is 1. The van der Waals surface area contributed by atoms with Crippen molar-refractivity contribution in [2.45, 2.75) is 58.2 Å². The van der Waals surface area contributed by atoms with E-state index >= 15 is 0 Å². The summed E-state index contributed by atoms with van der Waals surface area (Å²) < 4.78 is 1.97. The predicted octanol–water partition coefficient (Wildman–Crippen LogP) is 2.44. The lowest BCUT2D eigenvalue weighted by atomic mass is 9.84. The van der Waals surface area contributed by atoms with E-state index in [1.807, 2.05) is 27.8 Å². The molecule has 1 N–H and O–H groups in total. The van der Waals surface area contributed by atoms with E-state index in [1.165, 1.54) is 24.0 Å². The van der Waals surface area contributed by atoms with E-state index in [1.54, 1.807) is 0 Å². The molecule has 1 fully saturated rings. The van der Waals surface area contributed by atoms with Crippen molar-refractivity contribution in [2.75, 3.05) is 6.54 Å². The molecule has 0 bridgehead atoms. The molecule has 0 unspecified atom stereocenters. The average molecular weight is 378 g/mol. The van der Waals surface area contributed by atoms with Crippen molar-refractivity contribution in [2.24, 2.45) is 5.92 Å². The molecule has 1 aromatic heterocycles. The van der Waals surface area contributed by atoms with Gasteiger partial charge in [0.05, 0.1) is 31.0 Å². The van der Waals surface area contributed by atoms with Crippen LogP contribution in [0.5, 0.6) is 0 Å². The van der Waals surface area contributed by atoms with Crippen LogP contribution in [0, 0.1) is 5.92 Å². The van der Waals surface area contributed by atoms with Gasteiger partial charge in [0.15, 0.2) is 0 Å². The normalized spacial score (nSPS) is 18.4. The maximum absolute atomic E-state index is 12.5. The van der Waals surface area contributed by atoms with Crippen molar-refractivity contribution in [3.8, 4) is 0 Å². The number of benzene rings is 1. The Morgan fingerprint density at radius 1 is 1.07 bits per heavy atom. The van der Waals surface area contributed by atoms with E-state index in [9.17, 15) is 9.59 Å². The van der Waals surface area contributed by atoms with Gasteiger partial charge in [0, 0.05) is 18.0 Å². The molecule has 1 aliphatic heterocycles. The Labute approximate surface area is 164 Å². The summed E-state index contributed by atoms with van der Waals surface area (Å²) in [6.45, 7) is 2.49. The summed E-state index contributed by atoms with van der Waals surface area (Å²) in [5, 5.41) is 7.60. The lowest BCUT2D eigenvalue weighted by Gasteiger charge is -2.34. The third-order valence-electron chi connectivity index (χ3n) is 6.41. The number of aromatic nitrogens is 2. The molecule has 146 valence electrons. The van der Waals surface area contributed by atoms with Gasteiger partial charge in [-0.15, -0.1) is 0 Å². The maximum atomic E-state index is 12.5. The largest absolute Gasteiger partial charge is 0.346 e. The fourth-order valence-electron chi connectivity index (χ4n) is 4.50. The quantitative estimate of drug-likeness (QED) is 0.889. The smallest absolute Gasteiger partial charge is 0.251 e. The van der Waals surface area contributed by atoms with Crippen LogP contribution in [0.4, 0.5) is 0 Å². The molecule has 28 heavy (non-hydrogen) atoms. The maximum Gasteiger partial charge on any atom is 0.251 e. The third-order valence-corrected chi connectivity index (χ3v) is 6.41. The van der Waals surface area contributed by atoms with Crippen LogP contribution in [0.3, 0.4) is 0 Å². The molecule has 6 nitrogen and oxygen atoms in total. The lowest BCUT2D eigenvalue weighted by Crippen LogP contribution is -2.43. The number of aryl methyl sites for hydroxylation is 2. The Kier molecular flexibility index (Phi) is 4.41. The van der Waals surface area contributed by atoms with E-state index in [-0.39, 0.29) is 11.8 Å². The Bertz CT molecular complexity index is 929. The summed E-state index contributed by atoms with van der Waals surface area (Å²) >= 11 is 0. The average Bonchev–Trinajstić information content (AvgIpc) is 3.29. The molecule has 0 atom stereocenters. The standard InChI is InChI=1S/C22H26N4O2/c27-21(18-8-7-15-3-1-6-17(15)11-18)23-13-19-12-20-14-25(9-10-26(20)24-19)22(28)16-4-2-5-16/h7-8,11-12,16H,1-6,9-10,13-14H2,(H,23,27). The monoisotopic (exact) mass is 378 g/mol. The zero-order valence-electron chi connectivity index (χ0n) is 16.1. The van der Waals surface area contributed by atoms with Crippen molar-refractivity contribution in [3.05, 3.63) is 52.3 Å². The first kappa shape index (κ1) is 17.5. The van der Waals surface area contributed by atoms with Gasteiger partial charge in [-0.05, 0) is 61.4 Å². The number of rotatable bonds is 4. The van der Waals surface area contributed by atoms with E-state index in [0.717, 1.165) is 55.7 Å². The summed E-state index contributed by atoms with van der Waals surface area (Å²) in [5.41, 5.74) is 5.31. The minimum Gasteiger partial charge on any atom is -0.346 e. The summed E-state index contributed by atoms with van der Waals surface area (Å²) in [4.78, 5) is 27.0. The summed E-state index contributed by atoms with van der Waals surface area (Å²) in [7, 11) is 0. The van der Waals surface area contributed by atoms with E-state index in [2.05, 4.69) is 16.5 Å². The Hall–Kier alpha value is -2.63. The molecule has 0 radical (unpaired) electrons. The van der Waals surface area contributed by atoms with Crippen molar-refractivity contribution in [1.82, 2.24) is 20.0 Å². The molecular weight excluding hydrogens is 352 g/mol. The Morgan fingerprint density at radius 3 is 2.75 bits per heavy atom. The van der Waals surface area contributed by atoms with E-state index in [4.69, 9.17) is 0 Å². The van der Waals surface area contributed by atoms with Crippen LogP contribution >= 0.6 is 0 Å². The molecule has 1 saturated carbocycles. The molecule has 3 aliphatic rings. The number of hydrogen-bond acceptors (Lipinski definition) is 3. The number of nitrogens with zero attached hydrogens (tertiary/aromatic N) is 3. The molecule has 1 aromatic carbocycles.